The summed E-state index contributed by atoms with van der Waals surface area (Å²) >= 11 is 9.50. The van der Waals surface area contributed by atoms with Crippen molar-refractivity contribution in [2.24, 2.45) is 5.92 Å². The van der Waals surface area contributed by atoms with Crippen LogP contribution in [-0.4, -0.2) is 18.4 Å². The molecule has 1 aliphatic carbocycles. The van der Waals surface area contributed by atoms with Gasteiger partial charge in [-0.25, -0.2) is 0 Å². The first kappa shape index (κ1) is 18.5. The minimum Gasteiger partial charge on any atom is -0.322 e. The molecule has 0 atom stereocenters. The first-order chi connectivity index (χ1) is 13.0. The monoisotopic (exact) mass is 446 g/mol. The number of nitrogens with one attached hydrogen (secondary N) is 1. The maximum absolute atomic E-state index is 12.8. The van der Waals surface area contributed by atoms with Crippen molar-refractivity contribution in [1.29, 1.82) is 0 Å². The topological polar surface area (TPSA) is 49.4 Å². The summed E-state index contributed by atoms with van der Waals surface area (Å²) in [5.74, 6) is 0.177. The van der Waals surface area contributed by atoms with Crippen molar-refractivity contribution in [2.45, 2.75) is 32.1 Å². The van der Waals surface area contributed by atoms with E-state index in [1.807, 2.05) is 23.1 Å². The third-order valence-corrected chi connectivity index (χ3v) is 6.20. The Labute approximate surface area is 172 Å². The zero-order valence-electron chi connectivity index (χ0n) is 14.8. The number of benzene rings is 2. The molecule has 4 rings (SSSR count). The molecule has 0 saturated heterocycles. The predicted octanol–water partition coefficient (Wildman–Crippen LogP) is 5.43. The van der Waals surface area contributed by atoms with Crippen molar-refractivity contribution in [3.05, 3.63) is 57.0 Å². The summed E-state index contributed by atoms with van der Waals surface area (Å²) in [4.78, 5) is 27.2. The number of halogens is 2. The van der Waals surface area contributed by atoms with Gasteiger partial charge < -0.3 is 10.2 Å². The van der Waals surface area contributed by atoms with E-state index in [9.17, 15) is 9.59 Å². The Balaban J connectivity index is 1.51. The number of hydrogen-bond acceptors (Lipinski definition) is 2. The molecule has 1 fully saturated rings. The maximum atomic E-state index is 12.8. The number of amides is 2. The van der Waals surface area contributed by atoms with Crippen LogP contribution in [-0.2, 0) is 11.2 Å². The minimum atomic E-state index is -0.252. The van der Waals surface area contributed by atoms with Crippen molar-refractivity contribution in [3.63, 3.8) is 0 Å². The van der Waals surface area contributed by atoms with E-state index in [1.54, 1.807) is 18.2 Å². The molecule has 0 aromatic heterocycles. The molecule has 0 bridgehead atoms. The molecule has 4 nitrogen and oxygen atoms in total. The lowest BCUT2D eigenvalue weighted by atomic mass is 10.1. The molecule has 2 aliphatic rings. The number of fused-ring (bicyclic) bond motifs is 1. The van der Waals surface area contributed by atoms with E-state index in [0.717, 1.165) is 54.4 Å². The molecule has 1 saturated carbocycles. The van der Waals surface area contributed by atoms with Gasteiger partial charge in [-0.1, -0.05) is 40.4 Å². The van der Waals surface area contributed by atoms with Crippen molar-refractivity contribution >= 4 is 50.7 Å². The van der Waals surface area contributed by atoms with E-state index in [0.29, 0.717) is 16.3 Å². The molecular weight excluding hydrogens is 428 g/mol. The van der Waals surface area contributed by atoms with Gasteiger partial charge in [0.25, 0.3) is 5.91 Å². The summed E-state index contributed by atoms with van der Waals surface area (Å²) in [6, 6.07) is 10.9. The first-order valence-electron chi connectivity index (χ1n) is 9.23. The fourth-order valence-corrected chi connectivity index (χ4v) is 4.54. The van der Waals surface area contributed by atoms with Gasteiger partial charge in [-0.05, 0) is 61.2 Å². The molecular formula is C21H20BrClN2O2. The lowest BCUT2D eigenvalue weighted by molar-refractivity contribution is -0.122. The number of carbonyl (C=O) groups excluding carboxylic acids is 2. The van der Waals surface area contributed by atoms with E-state index in [2.05, 4.69) is 21.2 Å². The van der Waals surface area contributed by atoms with Gasteiger partial charge >= 0.3 is 0 Å². The normalized spacial score (nSPS) is 16.4. The van der Waals surface area contributed by atoms with Gasteiger partial charge in [0.05, 0.1) is 10.6 Å². The first-order valence-corrected chi connectivity index (χ1v) is 10.4. The molecule has 2 aromatic carbocycles. The molecule has 0 spiro atoms. The summed E-state index contributed by atoms with van der Waals surface area (Å²) in [7, 11) is 0. The summed E-state index contributed by atoms with van der Waals surface area (Å²) in [5.41, 5.74) is 3.21. The Hall–Kier alpha value is -1.85. The van der Waals surface area contributed by atoms with E-state index < -0.39 is 0 Å². The maximum Gasteiger partial charge on any atom is 0.257 e. The van der Waals surface area contributed by atoms with Gasteiger partial charge in [0.2, 0.25) is 5.91 Å². The van der Waals surface area contributed by atoms with Crippen LogP contribution in [0.25, 0.3) is 0 Å². The van der Waals surface area contributed by atoms with Crippen LogP contribution < -0.4 is 10.2 Å². The average Bonchev–Trinajstić information content (AvgIpc) is 3.32. The quantitative estimate of drug-likeness (QED) is 0.681. The molecule has 1 N–H and O–H groups in total. The molecule has 0 radical (unpaired) electrons. The van der Waals surface area contributed by atoms with Crippen LogP contribution in [0.5, 0.6) is 0 Å². The highest BCUT2D eigenvalue weighted by Crippen LogP contribution is 2.35. The predicted molar refractivity (Wildman–Crippen MR) is 112 cm³/mol. The highest BCUT2D eigenvalue weighted by Gasteiger charge is 2.31. The standard InChI is InChI=1S/C21H20BrClN2O2/c22-15-5-7-18(23)17(12-15)20(26)24-16-6-8-19-14(11-16)9-10-25(19)21(27)13-3-1-2-4-13/h5-8,11-13H,1-4,9-10H2,(H,24,26). The van der Waals surface area contributed by atoms with Crippen LogP contribution in [0.3, 0.4) is 0 Å². The summed E-state index contributed by atoms with van der Waals surface area (Å²) in [6.45, 7) is 0.722. The Morgan fingerprint density at radius 1 is 1.11 bits per heavy atom. The van der Waals surface area contributed by atoms with Gasteiger partial charge in [0.1, 0.15) is 0 Å². The van der Waals surface area contributed by atoms with E-state index >= 15 is 0 Å². The largest absolute Gasteiger partial charge is 0.322 e. The second kappa shape index (κ2) is 7.64. The fraction of sp³-hybridized carbons (Fsp3) is 0.333. The van der Waals surface area contributed by atoms with Gasteiger partial charge in [0, 0.05) is 28.3 Å². The van der Waals surface area contributed by atoms with Crippen molar-refractivity contribution in [1.82, 2.24) is 0 Å². The molecule has 2 aromatic rings. The number of nitrogens with zero attached hydrogens (tertiary/aromatic N) is 1. The molecule has 6 heteroatoms. The number of rotatable bonds is 3. The van der Waals surface area contributed by atoms with E-state index in [-0.39, 0.29) is 17.7 Å². The van der Waals surface area contributed by atoms with E-state index in [4.69, 9.17) is 11.6 Å². The van der Waals surface area contributed by atoms with Gasteiger partial charge in [-0.15, -0.1) is 0 Å². The van der Waals surface area contributed by atoms with Crippen LogP contribution in [0.15, 0.2) is 40.9 Å². The molecule has 2 amide bonds. The molecule has 0 unspecified atom stereocenters. The Kier molecular flexibility index (Phi) is 5.24. The Bertz CT molecular complexity index is 909. The zero-order valence-corrected chi connectivity index (χ0v) is 17.1. The number of hydrogen-bond donors (Lipinski definition) is 1. The van der Waals surface area contributed by atoms with Crippen LogP contribution >= 0.6 is 27.5 Å². The van der Waals surface area contributed by atoms with E-state index in [1.165, 1.54) is 0 Å². The summed E-state index contributed by atoms with van der Waals surface area (Å²) < 4.78 is 0.798. The third-order valence-electron chi connectivity index (χ3n) is 5.38. The van der Waals surface area contributed by atoms with Crippen LogP contribution in [0.1, 0.15) is 41.6 Å². The zero-order chi connectivity index (χ0) is 19.0. The van der Waals surface area contributed by atoms with Gasteiger partial charge in [0.15, 0.2) is 0 Å². The number of carbonyl (C=O) groups is 2. The second-order valence-electron chi connectivity index (χ2n) is 7.14. The van der Waals surface area contributed by atoms with Crippen LogP contribution in [0.4, 0.5) is 11.4 Å². The minimum absolute atomic E-state index is 0.175. The van der Waals surface area contributed by atoms with Crippen LogP contribution in [0.2, 0.25) is 5.02 Å². The summed E-state index contributed by atoms with van der Waals surface area (Å²) in [5, 5.41) is 3.32. The average molecular weight is 448 g/mol. The van der Waals surface area contributed by atoms with Gasteiger partial charge in [-0.3, -0.25) is 9.59 Å². The SMILES string of the molecule is O=C(Nc1ccc2c(c1)CCN2C(=O)C1CCCC1)c1cc(Br)ccc1Cl. The van der Waals surface area contributed by atoms with Crippen molar-refractivity contribution in [3.8, 4) is 0 Å². The molecule has 27 heavy (non-hydrogen) atoms. The smallest absolute Gasteiger partial charge is 0.257 e. The number of anilines is 2. The highest BCUT2D eigenvalue weighted by molar-refractivity contribution is 9.10. The second-order valence-corrected chi connectivity index (χ2v) is 8.47. The lowest BCUT2D eigenvalue weighted by Crippen LogP contribution is -2.33. The molecule has 1 aliphatic heterocycles. The summed E-state index contributed by atoms with van der Waals surface area (Å²) in [6.07, 6.45) is 5.13. The fourth-order valence-electron chi connectivity index (χ4n) is 3.97. The lowest BCUT2D eigenvalue weighted by Gasteiger charge is -2.21. The molecule has 1 heterocycles. The van der Waals surface area contributed by atoms with Crippen molar-refractivity contribution in [2.75, 3.05) is 16.8 Å². The Morgan fingerprint density at radius 2 is 1.89 bits per heavy atom. The highest BCUT2D eigenvalue weighted by atomic mass is 79.9. The van der Waals surface area contributed by atoms with Gasteiger partial charge in [-0.2, -0.15) is 0 Å². The van der Waals surface area contributed by atoms with Crippen molar-refractivity contribution < 1.29 is 9.59 Å². The molecule has 140 valence electrons. The van der Waals surface area contributed by atoms with Crippen LogP contribution in [0, 0.1) is 5.92 Å². The Morgan fingerprint density at radius 3 is 2.67 bits per heavy atom. The third kappa shape index (κ3) is 3.76.